The Morgan fingerprint density at radius 1 is 0.968 bits per heavy atom. The summed E-state index contributed by atoms with van der Waals surface area (Å²) in [5, 5.41) is 21.9. The molecule has 1 heterocycles. The van der Waals surface area contributed by atoms with Crippen molar-refractivity contribution in [2.24, 2.45) is 0 Å². The number of anilines is 1. The smallest absolute Gasteiger partial charge is 0.300 e. The van der Waals surface area contributed by atoms with Crippen molar-refractivity contribution >= 4 is 34.7 Å². The van der Waals surface area contributed by atoms with Crippen LogP contribution >= 0.6 is 11.6 Å². The van der Waals surface area contributed by atoms with Crippen molar-refractivity contribution in [3.8, 4) is 11.5 Å². The first-order valence-electron chi connectivity index (χ1n) is 9.42. The van der Waals surface area contributed by atoms with E-state index in [4.69, 9.17) is 16.3 Å². The third-order valence-electron chi connectivity index (χ3n) is 5.14. The highest BCUT2D eigenvalue weighted by Gasteiger charge is 2.48. The normalized spacial score (nSPS) is 17.7. The fourth-order valence-electron chi connectivity index (χ4n) is 3.70. The molecule has 1 amide bonds. The van der Waals surface area contributed by atoms with Gasteiger partial charge in [-0.3, -0.25) is 14.5 Å². The van der Waals surface area contributed by atoms with Gasteiger partial charge >= 0.3 is 0 Å². The van der Waals surface area contributed by atoms with Crippen LogP contribution in [-0.4, -0.2) is 29.0 Å². The third kappa shape index (κ3) is 3.51. The highest BCUT2D eigenvalue weighted by Crippen LogP contribution is 2.46. The molecule has 6 nitrogen and oxygen atoms in total. The van der Waals surface area contributed by atoms with Crippen LogP contribution in [0.15, 0.2) is 78.4 Å². The average molecular weight is 436 g/mol. The van der Waals surface area contributed by atoms with Crippen LogP contribution in [0, 0.1) is 0 Å². The van der Waals surface area contributed by atoms with E-state index in [0.717, 1.165) is 0 Å². The number of phenolic OH excluding ortho intramolecular Hbond substituents is 1. The number of ether oxygens (including phenoxy) is 1. The van der Waals surface area contributed by atoms with E-state index in [1.807, 2.05) is 0 Å². The molecule has 1 unspecified atom stereocenters. The Morgan fingerprint density at radius 3 is 2.29 bits per heavy atom. The zero-order chi connectivity index (χ0) is 22.1. The first kappa shape index (κ1) is 20.5. The molecule has 0 radical (unpaired) electrons. The van der Waals surface area contributed by atoms with Gasteiger partial charge in [0.2, 0.25) is 0 Å². The van der Waals surface area contributed by atoms with Gasteiger partial charge in [-0.15, -0.1) is 0 Å². The van der Waals surface area contributed by atoms with Gasteiger partial charge in [-0.25, -0.2) is 0 Å². The van der Waals surface area contributed by atoms with Crippen molar-refractivity contribution in [1.29, 1.82) is 0 Å². The van der Waals surface area contributed by atoms with Gasteiger partial charge in [0.15, 0.2) is 0 Å². The van der Waals surface area contributed by atoms with E-state index in [-0.39, 0.29) is 22.8 Å². The Kier molecular flexibility index (Phi) is 5.40. The minimum absolute atomic E-state index is 0.111. The number of carbonyl (C=O) groups excluding carboxylic acids is 2. The Balaban J connectivity index is 2.00. The van der Waals surface area contributed by atoms with Crippen LogP contribution in [-0.2, 0) is 9.59 Å². The molecule has 0 aliphatic carbocycles. The number of hydrogen-bond acceptors (Lipinski definition) is 5. The molecule has 0 saturated carbocycles. The van der Waals surface area contributed by atoms with E-state index < -0.39 is 17.7 Å². The molecule has 0 aromatic heterocycles. The minimum Gasteiger partial charge on any atom is -0.507 e. The number of ketones is 1. The number of aromatic hydroxyl groups is 1. The monoisotopic (exact) mass is 435 g/mol. The van der Waals surface area contributed by atoms with Crippen LogP contribution in [0.25, 0.3) is 5.76 Å². The van der Waals surface area contributed by atoms with E-state index in [1.165, 1.54) is 24.1 Å². The summed E-state index contributed by atoms with van der Waals surface area (Å²) in [7, 11) is 1.48. The largest absolute Gasteiger partial charge is 0.507 e. The van der Waals surface area contributed by atoms with E-state index in [9.17, 15) is 19.8 Å². The Labute approximate surface area is 183 Å². The van der Waals surface area contributed by atoms with Gasteiger partial charge in [-0.1, -0.05) is 41.9 Å². The maximum atomic E-state index is 13.1. The van der Waals surface area contributed by atoms with E-state index in [0.29, 0.717) is 21.9 Å². The lowest BCUT2D eigenvalue weighted by atomic mass is 9.94. The number of benzene rings is 3. The minimum atomic E-state index is -1.01. The van der Waals surface area contributed by atoms with Crippen LogP contribution in [0.1, 0.15) is 17.2 Å². The summed E-state index contributed by atoms with van der Waals surface area (Å²) in [6.07, 6.45) is 0. The SMILES string of the molecule is COc1ccccc1C1/C(=C(\O)c2ccc(Cl)cc2)C(=O)C(=O)N1c1ccccc1O. The lowest BCUT2D eigenvalue weighted by molar-refractivity contribution is -0.132. The lowest BCUT2D eigenvalue weighted by Gasteiger charge is -2.27. The second-order valence-electron chi connectivity index (χ2n) is 6.91. The summed E-state index contributed by atoms with van der Waals surface area (Å²) in [6, 6.07) is 18.4. The molecule has 2 N–H and O–H groups in total. The number of aliphatic hydroxyl groups excluding tert-OH is 1. The molecule has 3 aromatic rings. The summed E-state index contributed by atoms with van der Waals surface area (Å²) in [5.41, 5.74) is 0.860. The maximum Gasteiger partial charge on any atom is 0.300 e. The van der Waals surface area contributed by atoms with E-state index in [1.54, 1.807) is 60.7 Å². The molecule has 0 spiro atoms. The number of phenols is 1. The molecule has 1 saturated heterocycles. The van der Waals surface area contributed by atoms with E-state index in [2.05, 4.69) is 0 Å². The van der Waals surface area contributed by atoms with Gasteiger partial charge in [-0.05, 0) is 42.5 Å². The van der Waals surface area contributed by atoms with Crippen molar-refractivity contribution in [2.75, 3.05) is 12.0 Å². The molecule has 1 aliphatic rings. The fraction of sp³-hybridized carbons (Fsp3) is 0.0833. The Morgan fingerprint density at radius 2 is 1.61 bits per heavy atom. The molecular formula is C24H18ClNO5. The van der Waals surface area contributed by atoms with Gasteiger partial charge in [0, 0.05) is 16.1 Å². The molecule has 31 heavy (non-hydrogen) atoms. The van der Waals surface area contributed by atoms with Crippen LogP contribution < -0.4 is 9.64 Å². The summed E-state index contributed by atoms with van der Waals surface area (Å²) in [6.45, 7) is 0. The number of carbonyl (C=O) groups is 2. The van der Waals surface area contributed by atoms with Crippen molar-refractivity contribution in [3.63, 3.8) is 0 Å². The standard InChI is InChI=1S/C24H18ClNO5/c1-31-19-9-5-2-6-16(19)21-20(22(28)14-10-12-15(25)13-11-14)23(29)24(30)26(21)17-7-3-4-8-18(17)27/h2-13,21,27-28H,1H3/b22-20+. The molecular weight excluding hydrogens is 418 g/mol. The Bertz CT molecular complexity index is 1200. The van der Waals surface area contributed by atoms with Gasteiger partial charge < -0.3 is 14.9 Å². The molecule has 156 valence electrons. The molecule has 0 bridgehead atoms. The fourth-order valence-corrected chi connectivity index (χ4v) is 3.82. The summed E-state index contributed by atoms with van der Waals surface area (Å²) < 4.78 is 5.46. The zero-order valence-corrected chi connectivity index (χ0v) is 17.2. The predicted octanol–water partition coefficient (Wildman–Crippen LogP) is 4.68. The summed E-state index contributed by atoms with van der Waals surface area (Å²) in [5.74, 6) is -1.82. The molecule has 1 fully saturated rings. The second-order valence-corrected chi connectivity index (χ2v) is 7.34. The van der Waals surface area contributed by atoms with Crippen LogP contribution in [0.4, 0.5) is 5.69 Å². The van der Waals surface area contributed by atoms with Crippen molar-refractivity contribution in [3.05, 3.63) is 94.5 Å². The highest BCUT2D eigenvalue weighted by molar-refractivity contribution is 6.52. The first-order chi connectivity index (χ1) is 14.9. The quantitative estimate of drug-likeness (QED) is 0.353. The topological polar surface area (TPSA) is 87.1 Å². The maximum absolute atomic E-state index is 13.1. The molecule has 3 aromatic carbocycles. The van der Waals surface area contributed by atoms with Crippen LogP contribution in [0.2, 0.25) is 5.02 Å². The predicted molar refractivity (Wildman–Crippen MR) is 117 cm³/mol. The molecule has 1 atom stereocenters. The number of hydrogen-bond donors (Lipinski definition) is 2. The van der Waals surface area contributed by atoms with Crippen molar-refractivity contribution in [1.82, 2.24) is 0 Å². The molecule has 7 heteroatoms. The number of nitrogens with zero attached hydrogens (tertiary/aromatic N) is 1. The summed E-state index contributed by atoms with van der Waals surface area (Å²) in [4.78, 5) is 27.4. The summed E-state index contributed by atoms with van der Waals surface area (Å²) >= 11 is 5.94. The molecule has 1 aliphatic heterocycles. The second kappa shape index (κ2) is 8.16. The highest BCUT2D eigenvalue weighted by atomic mass is 35.5. The van der Waals surface area contributed by atoms with Crippen molar-refractivity contribution < 1.29 is 24.5 Å². The number of methoxy groups -OCH3 is 1. The molecule has 4 rings (SSSR count). The Hall–Kier alpha value is -3.77. The number of rotatable bonds is 4. The van der Waals surface area contributed by atoms with Crippen LogP contribution in [0.5, 0.6) is 11.5 Å². The third-order valence-corrected chi connectivity index (χ3v) is 5.39. The number of aliphatic hydroxyl groups is 1. The van der Waals surface area contributed by atoms with Gasteiger partial charge in [0.05, 0.1) is 24.4 Å². The van der Waals surface area contributed by atoms with E-state index >= 15 is 0 Å². The first-order valence-corrected chi connectivity index (χ1v) is 9.79. The van der Waals surface area contributed by atoms with Crippen molar-refractivity contribution in [2.45, 2.75) is 6.04 Å². The number of para-hydroxylation sites is 3. The van der Waals surface area contributed by atoms with Gasteiger partial charge in [0.25, 0.3) is 11.7 Å². The number of amides is 1. The number of Topliss-reactive ketones (excluding diaryl/α,β-unsaturated/α-hetero) is 1. The van der Waals surface area contributed by atoms with Gasteiger partial charge in [-0.2, -0.15) is 0 Å². The van der Waals surface area contributed by atoms with Gasteiger partial charge in [0.1, 0.15) is 17.3 Å². The van der Waals surface area contributed by atoms with Crippen LogP contribution in [0.3, 0.4) is 0 Å². The average Bonchev–Trinajstić information content (AvgIpc) is 3.04. The zero-order valence-electron chi connectivity index (χ0n) is 16.4. The number of halogens is 1. The lowest BCUT2D eigenvalue weighted by Crippen LogP contribution is -2.29.